The average molecular weight is 392 g/mol. The van der Waals surface area contributed by atoms with E-state index in [-0.39, 0.29) is 10.3 Å². The molecular formula is C9H4Br2N4O4. The highest BCUT2D eigenvalue weighted by molar-refractivity contribution is 9.10. The van der Waals surface area contributed by atoms with Gasteiger partial charge in [-0.05, 0) is 44.0 Å². The number of carboxylic acids is 1. The van der Waals surface area contributed by atoms with E-state index >= 15 is 0 Å². The lowest BCUT2D eigenvalue weighted by Gasteiger charge is -2.02. The molecule has 0 radical (unpaired) electrons. The van der Waals surface area contributed by atoms with Crippen LogP contribution in [0.15, 0.2) is 27.4 Å². The first-order valence-electron chi connectivity index (χ1n) is 4.70. The fourth-order valence-electron chi connectivity index (χ4n) is 1.33. The topological polar surface area (TPSA) is 111 Å². The summed E-state index contributed by atoms with van der Waals surface area (Å²) in [6.07, 6.45) is 0. The molecule has 2 aromatic rings. The number of aromatic carboxylic acids is 1. The highest BCUT2D eigenvalue weighted by Crippen LogP contribution is 2.23. The molecule has 0 spiro atoms. The van der Waals surface area contributed by atoms with Crippen LogP contribution in [-0.2, 0) is 0 Å². The van der Waals surface area contributed by atoms with Crippen LogP contribution in [0.5, 0.6) is 0 Å². The highest BCUT2D eigenvalue weighted by Gasteiger charge is 2.21. The zero-order valence-corrected chi connectivity index (χ0v) is 12.1. The Hall–Kier alpha value is -1.81. The molecule has 0 unspecified atom stereocenters. The van der Waals surface area contributed by atoms with Crippen molar-refractivity contribution < 1.29 is 14.8 Å². The van der Waals surface area contributed by atoms with Crippen molar-refractivity contribution in [2.45, 2.75) is 0 Å². The lowest BCUT2D eigenvalue weighted by Crippen LogP contribution is -2.02. The molecule has 10 heteroatoms. The minimum absolute atomic E-state index is 0.0782. The normalized spacial score (nSPS) is 10.4. The Labute approximate surface area is 122 Å². The number of aromatic nitrogens is 3. The SMILES string of the molecule is O=C(O)c1ccc(-n2nc([N+](=O)[O-])nc2Br)cc1Br. The number of carbonyl (C=O) groups is 1. The zero-order chi connectivity index (χ0) is 14.2. The first-order valence-corrected chi connectivity index (χ1v) is 6.29. The van der Waals surface area contributed by atoms with Crippen LogP contribution in [0.25, 0.3) is 5.69 Å². The van der Waals surface area contributed by atoms with Gasteiger partial charge < -0.3 is 15.2 Å². The summed E-state index contributed by atoms with van der Waals surface area (Å²) in [7, 11) is 0. The maximum atomic E-state index is 10.9. The smallest absolute Gasteiger partial charge is 0.478 e. The molecule has 0 amide bonds. The van der Waals surface area contributed by atoms with Crippen LogP contribution < -0.4 is 0 Å². The molecule has 1 heterocycles. The Balaban J connectivity index is 2.51. The summed E-state index contributed by atoms with van der Waals surface area (Å²) in [5, 5.41) is 23.1. The van der Waals surface area contributed by atoms with Crippen molar-refractivity contribution in [1.82, 2.24) is 14.8 Å². The largest absolute Gasteiger partial charge is 0.492 e. The van der Waals surface area contributed by atoms with E-state index in [0.717, 1.165) is 0 Å². The standard InChI is InChI=1S/C9H4Br2N4O4/c10-6-3-4(1-2-5(6)7(16)17)14-8(11)12-9(13-14)15(18)19/h1-3H,(H,16,17). The molecule has 0 fully saturated rings. The highest BCUT2D eigenvalue weighted by atomic mass is 79.9. The van der Waals surface area contributed by atoms with Gasteiger partial charge in [0.2, 0.25) is 0 Å². The van der Waals surface area contributed by atoms with Gasteiger partial charge in [-0.1, -0.05) is 0 Å². The molecule has 0 atom stereocenters. The molecule has 0 aliphatic rings. The summed E-state index contributed by atoms with van der Waals surface area (Å²) >= 11 is 6.16. The van der Waals surface area contributed by atoms with Gasteiger partial charge in [0.05, 0.1) is 11.3 Å². The maximum absolute atomic E-state index is 10.9. The van der Waals surface area contributed by atoms with Crippen LogP contribution in [0.1, 0.15) is 10.4 Å². The monoisotopic (exact) mass is 390 g/mol. The maximum Gasteiger partial charge on any atom is 0.492 e. The summed E-state index contributed by atoms with van der Waals surface area (Å²) in [5.41, 5.74) is 0.513. The van der Waals surface area contributed by atoms with Crippen molar-refractivity contribution in [3.05, 3.63) is 43.1 Å². The molecule has 19 heavy (non-hydrogen) atoms. The van der Waals surface area contributed by atoms with E-state index in [9.17, 15) is 14.9 Å². The third kappa shape index (κ3) is 2.63. The first-order chi connectivity index (χ1) is 8.90. The summed E-state index contributed by atoms with van der Waals surface area (Å²) < 4.78 is 1.67. The van der Waals surface area contributed by atoms with Gasteiger partial charge in [0.25, 0.3) is 4.73 Å². The lowest BCUT2D eigenvalue weighted by atomic mass is 10.2. The van der Waals surface area contributed by atoms with Crippen LogP contribution >= 0.6 is 31.9 Å². The van der Waals surface area contributed by atoms with Crippen LogP contribution in [-0.4, -0.2) is 30.8 Å². The number of benzene rings is 1. The Morgan fingerprint density at radius 3 is 2.58 bits per heavy atom. The second-order valence-electron chi connectivity index (χ2n) is 3.32. The molecule has 8 nitrogen and oxygen atoms in total. The van der Waals surface area contributed by atoms with Gasteiger partial charge in [-0.2, -0.15) is 0 Å². The number of rotatable bonds is 3. The van der Waals surface area contributed by atoms with Gasteiger partial charge in [0.1, 0.15) is 0 Å². The van der Waals surface area contributed by atoms with E-state index < -0.39 is 16.8 Å². The first kappa shape index (κ1) is 13.6. The molecule has 0 aliphatic heterocycles. The fraction of sp³-hybridized carbons (Fsp3) is 0. The number of nitro groups is 1. The molecule has 0 saturated heterocycles. The van der Waals surface area contributed by atoms with Crippen molar-refractivity contribution in [2.24, 2.45) is 0 Å². The molecule has 1 N–H and O–H groups in total. The van der Waals surface area contributed by atoms with Gasteiger partial charge >= 0.3 is 11.9 Å². The van der Waals surface area contributed by atoms with Gasteiger partial charge in [0.15, 0.2) is 0 Å². The predicted molar refractivity (Wildman–Crippen MR) is 70.4 cm³/mol. The quantitative estimate of drug-likeness (QED) is 0.635. The van der Waals surface area contributed by atoms with Gasteiger partial charge in [-0.3, -0.25) is 0 Å². The van der Waals surface area contributed by atoms with Gasteiger partial charge in [0, 0.05) is 25.5 Å². The average Bonchev–Trinajstić information content (AvgIpc) is 2.71. The van der Waals surface area contributed by atoms with Gasteiger partial charge in [-0.25, -0.2) is 4.79 Å². The molecule has 2 rings (SSSR count). The Morgan fingerprint density at radius 1 is 1.42 bits per heavy atom. The third-order valence-electron chi connectivity index (χ3n) is 2.15. The van der Waals surface area contributed by atoms with E-state index in [0.29, 0.717) is 10.2 Å². The lowest BCUT2D eigenvalue weighted by molar-refractivity contribution is -0.394. The second kappa shape index (κ2) is 5.05. The van der Waals surface area contributed by atoms with Crippen LogP contribution in [0.2, 0.25) is 0 Å². The van der Waals surface area contributed by atoms with Crippen LogP contribution in [0.4, 0.5) is 5.95 Å². The molecule has 1 aromatic carbocycles. The molecular weight excluding hydrogens is 388 g/mol. The van der Waals surface area contributed by atoms with E-state index in [1.807, 2.05) is 0 Å². The number of carboxylic acid groups (broad SMARTS) is 1. The minimum atomic E-state index is -1.08. The molecule has 0 bridgehead atoms. The number of hydrogen-bond donors (Lipinski definition) is 1. The second-order valence-corrected chi connectivity index (χ2v) is 4.88. The van der Waals surface area contributed by atoms with Crippen molar-refractivity contribution in [3.63, 3.8) is 0 Å². The van der Waals surface area contributed by atoms with Crippen molar-refractivity contribution in [2.75, 3.05) is 0 Å². The van der Waals surface area contributed by atoms with Gasteiger partial charge in [-0.15, -0.1) is 4.68 Å². The predicted octanol–water partition coefficient (Wildman–Crippen LogP) is 2.40. The Kier molecular flexibility index (Phi) is 3.62. The Bertz CT molecular complexity index is 685. The van der Waals surface area contributed by atoms with Crippen molar-refractivity contribution in [1.29, 1.82) is 0 Å². The molecule has 0 aliphatic carbocycles. The summed E-state index contributed by atoms with van der Waals surface area (Å²) in [5.74, 6) is -1.63. The van der Waals surface area contributed by atoms with Crippen molar-refractivity contribution >= 4 is 43.8 Å². The number of halogens is 2. The van der Waals surface area contributed by atoms with Crippen LogP contribution in [0.3, 0.4) is 0 Å². The summed E-state index contributed by atoms with van der Waals surface area (Å²) in [6.45, 7) is 0. The number of nitrogens with zero attached hydrogens (tertiary/aromatic N) is 4. The molecule has 0 saturated carbocycles. The minimum Gasteiger partial charge on any atom is -0.478 e. The van der Waals surface area contributed by atoms with Crippen LogP contribution in [0, 0.1) is 10.1 Å². The number of hydrogen-bond acceptors (Lipinski definition) is 5. The third-order valence-corrected chi connectivity index (χ3v) is 3.32. The van der Waals surface area contributed by atoms with E-state index in [4.69, 9.17) is 5.11 Å². The molecule has 1 aromatic heterocycles. The Morgan fingerprint density at radius 2 is 2.11 bits per heavy atom. The van der Waals surface area contributed by atoms with E-state index in [2.05, 4.69) is 41.9 Å². The summed E-state index contributed by atoms with van der Waals surface area (Å²) in [4.78, 5) is 24.3. The summed E-state index contributed by atoms with van der Waals surface area (Å²) in [6, 6.07) is 4.31. The van der Waals surface area contributed by atoms with Crippen molar-refractivity contribution in [3.8, 4) is 5.69 Å². The molecule has 98 valence electrons. The zero-order valence-electron chi connectivity index (χ0n) is 8.95. The fourth-order valence-corrected chi connectivity index (χ4v) is 2.31. The van der Waals surface area contributed by atoms with E-state index in [1.54, 1.807) is 0 Å². The van der Waals surface area contributed by atoms with E-state index in [1.165, 1.54) is 22.9 Å².